The largest absolute Gasteiger partial charge is 0.333 e. The number of aromatic nitrogens is 1. The predicted molar refractivity (Wildman–Crippen MR) is 79.8 cm³/mol. The molecule has 1 amide bonds. The number of nitrogens with one attached hydrogen (secondary N) is 1. The van der Waals surface area contributed by atoms with Crippen molar-refractivity contribution in [1.82, 2.24) is 15.2 Å². The smallest absolute Gasteiger partial charge is 0.256 e. The van der Waals surface area contributed by atoms with E-state index in [0.29, 0.717) is 0 Å². The van der Waals surface area contributed by atoms with E-state index >= 15 is 0 Å². The second-order valence-corrected chi connectivity index (χ2v) is 5.37. The summed E-state index contributed by atoms with van der Waals surface area (Å²) >= 11 is 0. The lowest BCUT2D eigenvalue weighted by atomic mass is 10.0. The van der Waals surface area contributed by atoms with Gasteiger partial charge < -0.3 is 10.2 Å². The van der Waals surface area contributed by atoms with Crippen molar-refractivity contribution in [2.75, 3.05) is 19.6 Å². The van der Waals surface area contributed by atoms with E-state index in [1.807, 2.05) is 36.1 Å². The number of para-hydroxylation sites is 1. The van der Waals surface area contributed by atoms with Crippen LogP contribution in [0, 0.1) is 6.92 Å². The molecule has 0 unspecified atom stereocenters. The molecule has 1 saturated heterocycles. The van der Waals surface area contributed by atoms with Crippen LogP contribution in [0.5, 0.6) is 0 Å². The van der Waals surface area contributed by atoms with E-state index in [1.165, 1.54) is 0 Å². The fraction of sp³-hybridized carbons (Fsp3) is 0.375. The van der Waals surface area contributed by atoms with Gasteiger partial charge in [-0.25, -0.2) is 0 Å². The zero-order valence-corrected chi connectivity index (χ0v) is 11.9. The molecule has 3 rings (SSSR count). The molecule has 0 saturated carbocycles. The van der Waals surface area contributed by atoms with E-state index in [2.05, 4.69) is 17.2 Å². The summed E-state index contributed by atoms with van der Waals surface area (Å²) in [6.07, 6.45) is 1.72. The SMILES string of the molecule is Cc1c(C(=O)N2CCNC[C@H]2C)cnc2ccccc12. The van der Waals surface area contributed by atoms with Crippen LogP contribution in [-0.4, -0.2) is 41.5 Å². The molecule has 2 aromatic rings. The minimum Gasteiger partial charge on any atom is -0.333 e. The summed E-state index contributed by atoms with van der Waals surface area (Å²) in [6, 6.07) is 8.18. The highest BCUT2D eigenvalue weighted by atomic mass is 16.2. The molecule has 1 aliphatic heterocycles. The van der Waals surface area contributed by atoms with Gasteiger partial charge in [-0.15, -0.1) is 0 Å². The lowest BCUT2D eigenvalue weighted by Crippen LogP contribution is -2.52. The molecule has 4 heteroatoms. The average molecular weight is 269 g/mol. The van der Waals surface area contributed by atoms with Crippen LogP contribution in [0.2, 0.25) is 0 Å². The first-order valence-electron chi connectivity index (χ1n) is 7.04. The fourth-order valence-electron chi connectivity index (χ4n) is 2.79. The summed E-state index contributed by atoms with van der Waals surface area (Å²) in [5.74, 6) is 0.0924. The standard InChI is InChI=1S/C16H19N3O/c1-11-9-17-7-8-19(11)16(20)14-10-18-15-6-4-3-5-13(15)12(14)2/h3-6,10-11,17H,7-9H2,1-2H3/t11-/m1/s1. The van der Waals surface area contributed by atoms with Crippen LogP contribution >= 0.6 is 0 Å². The molecular weight excluding hydrogens is 250 g/mol. The van der Waals surface area contributed by atoms with Crippen molar-refractivity contribution in [1.29, 1.82) is 0 Å². The quantitative estimate of drug-likeness (QED) is 0.861. The maximum absolute atomic E-state index is 12.7. The highest BCUT2D eigenvalue weighted by Gasteiger charge is 2.25. The van der Waals surface area contributed by atoms with Gasteiger partial charge in [0.2, 0.25) is 0 Å². The number of piperazine rings is 1. The third-order valence-electron chi connectivity index (χ3n) is 4.04. The van der Waals surface area contributed by atoms with Gasteiger partial charge in [0.1, 0.15) is 0 Å². The van der Waals surface area contributed by atoms with Gasteiger partial charge in [0, 0.05) is 37.3 Å². The molecule has 2 heterocycles. The number of pyridine rings is 1. The van der Waals surface area contributed by atoms with Gasteiger partial charge in [-0.1, -0.05) is 18.2 Å². The number of aryl methyl sites for hydroxylation is 1. The highest BCUT2D eigenvalue weighted by molar-refractivity contribution is 6.00. The van der Waals surface area contributed by atoms with E-state index in [1.54, 1.807) is 6.20 Å². The van der Waals surface area contributed by atoms with Crippen LogP contribution in [0.1, 0.15) is 22.8 Å². The molecule has 0 radical (unpaired) electrons. The average Bonchev–Trinajstić information content (AvgIpc) is 2.48. The number of nitrogens with zero attached hydrogens (tertiary/aromatic N) is 2. The predicted octanol–water partition coefficient (Wildman–Crippen LogP) is 1.98. The second kappa shape index (κ2) is 5.21. The zero-order chi connectivity index (χ0) is 14.1. The molecule has 4 nitrogen and oxygen atoms in total. The first kappa shape index (κ1) is 13.1. The molecule has 20 heavy (non-hydrogen) atoms. The third-order valence-corrected chi connectivity index (χ3v) is 4.04. The van der Waals surface area contributed by atoms with Crippen molar-refractivity contribution in [2.45, 2.75) is 19.9 Å². The van der Waals surface area contributed by atoms with Crippen LogP contribution in [0.4, 0.5) is 0 Å². The Morgan fingerprint density at radius 2 is 2.20 bits per heavy atom. The van der Waals surface area contributed by atoms with Crippen molar-refractivity contribution in [3.63, 3.8) is 0 Å². The highest BCUT2D eigenvalue weighted by Crippen LogP contribution is 2.21. The molecule has 1 aromatic heterocycles. The van der Waals surface area contributed by atoms with Crippen LogP contribution in [0.3, 0.4) is 0 Å². The Morgan fingerprint density at radius 1 is 1.40 bits per heavy atom. The number of carbonyl (C=O) groups is 1. The van der Waals surface area contributed by atoms with E-state index < -0.39 is 0 Å². The van der Waals surface area contributed by atoms with Crippen LogP contribution < -0.4 is 5.32 Å². The number of amides is 1. The van der Waals surface area contributed by atoms with Gasteiger partial charge in [0.05, 0.1) is 11.1 Å². The van der Waals surface area contributed by atoms with Crippen LogP contribution in [0.15, 0.2) is 30.5 Å². The normalized spacial score (nSPS) is 19.3. The molecule has 104 valence electrons. The number of fused-ring (bicyclic) bond motifs is 1. The van der Waals surface area contributed by atoms with Gasteiger partial charge in [0.15, 0.2) is 0 Å². The van der Waals surface area contributed by atoms with Gasteiger partial charge in [-0.3, -0.25) is 9.78 Å². The van der Waals surface area contributed by atoms with E-state index in [9.17, 15) is 4.79 Å². The number of rotatable bonds is 1. The summed E-state index contributed by atoms with van der Waals surface area (Å²) in [4.78, 5) is 19.1. The molecule has 0 spiro atoms. The Kier molecular flexibility index (Phi) is 3.40. The van der Waals surface area contributed by atoms with Crippen molar-refractivity contribution < 1.29 is 4.79 Å². The third kappa shape index (κ3) is 2.16. The Bertz CT molecular complexity index is 653. The summed E-state index contributed by atoms with van der Waals surface area (Å²) < 4.78 is 0. The molecule has 0 aliphatic carbocycles. The fourth-order valence-corrected chi connectivity index (χ4v) is 2.79. The molecule has 1 atom stereocenters. The van der Waals surface area contributed by atoms with Crippen LogP contribution in [-0.2, 0) is 0 Å². The summed E-state index contributed by atoms with van der Waals surface area (Å²) in [5.41, 5.74) is 2.68. The number of hydrogen-bond acceptors (Lipinski definition) is 3. The molecular formula is C16H19N3O. The van der Waals surface area contributed by atoms with E-state index in [-0.39, 0.29) is 11.9 Å². The van der Waals surface area contributed by atoms with Gasteiger partial charge in [0.25, 0.3) is 5.91 Å². The number of hydrogen-bond donors (Lipinski definition) is 1. The zero-order valence-electron chi connectivity index (χ0n) is 11.9. The first-order valence-corrected chi connectivity index (χ1v) is 7.04. The van der Waals surface area contributed by atoms with Crippen molar-refractivity contribution in [3.05, 3.63) is 41.6 Å². The maximum Gasteiger partial charge on any atom is 0.256 e. The number of benzene rings is 1. The van der Waals surface area contributed by atoms with Gasteiger partial charge in [-0.05, 0) is 25.5 Å². The summed E-state index contributed by atoms with van der Waals surface area (Å²) in [6.45, 7) is 6.55. The Balaban J connectivity index is 2.01. The molecule has 0 bridgehead atoms. The Labute approximate surface area is 118 Å². The summed E-state index contributed by atoms with van der Waals surface area (Å²) in [7, 11) is 0. The molecule has 1 N–H and O–H groups in total. The number of carbonyl (C=O) groups excluding carboxylic acids is 1. The van der Waals surface area contributed by atoms with Crippen molar-refractivity contribution in [2.24, 2.45) is 0 Å². The molecule has 1 aromatic carbocycles. The monoisotopic (exact) mass is 269 g/mol. The second-order valence-electron chi connectivity index (χ2n) is 5.37. The first-order chi connectivity index (χ1) is 9.68. The molecule has 1 fully saturated rings. The Morgan fingerprint density at radius 3 is 3.00 bits per heavy atom. The minimum atomic E-state index is 0.0924. The van der Waals surface area contributed by atoms with Gasteiger partial charge >= 0.3 is 0 Å². The minimum absolute atomic E-state index is 0.0924. The lowest BCUT2D eigenvalue weighted by molar-refractivity contribution is 0.0655. The van der Waals surface area contributed by atoms with Crippen molar-refractivity contribution >= 4 is 16.8 Å². The maximum atomic E-state index is 12.7. The van der Waals surface area contributed by atoms with Crippen LogP contribution in [0.25, 0.3) is 10.9 Å². The summed E-state index contributed by atoms with van der Waals surface area (Å²) in [5, 5.41) is 4.36. The van der Waals surface area contributed by atoms with E-state index in [0.717, 1.165) is 41.7 Å². The molecule has 1 aliphatic rings. The lowest BCUT2D eigenvalue weighted by Gasteiger charge is -2.34. The van der Waals surface area contributed by atoms with E-state index in [4.69, 9.17) is 0 Å². The Hall–Kier alpha value is -1.94. The van der Waals surface area contributed by atoms with Gasteiger partial charge in [-0.2, -0.15) is 0 Å². The van der Waals surface area contributed by atoms with Crippen molar-refractivity contribution in [3.8, 4) is 0 Å². The topological polar surface area (TPSA) is 45.2 Å².